The lowest BCUT2D eigenvalue weighted by Gasteiger charge is -2.40. The predicted octanol–water partition coefficient (Wildman–Crippen LogP) is 1.74. The standard InChI is InChI=1S/C15H21N5/c1-3-11-10-20(9-8-19(11)2)14-12-6-4-5-7-13(12)17-15(16)18-14/h4-7,11H,3,8-10H2,1-2H3,(H2,16,17,18). The number of hydrogen-bond acceptors (Lipinski definition) is 5. The molecule has 1 aliphatic rings. The molecular weight excluding hydrogens is 250 g/mol. The molecule has 1 aromatic heterocycles. The van der Waals surface area contributed by atoms with Crippen molar-refractivity contribution in [1.29, 1.82) is 0 Å². The Labute approximate surface area is 119 Å². The van der Waals surface area contributed by atoms with Crippen LogP contribution in [-0.2, 0) is 0 Å². The van der Waals surface area contributed by atoms with Crippen LogP contribution in [0.2, 0.25) is 0 Å². The first-order valence-electron chi connectivity index (χ1n) is 7.16. The zero-order valence-corrected chi connectivity index (χ0v) is 12.1. The van der Waals surface area contributed by atoms with E-state index in [2.05, 4.69) is 39.8 Å². The number of anilines is 2. The molecule has 1 aromatic carbocycles. The summed E-state index contributed by atoms with van der Waals surface area (Å²) in [4.78, 5) is 13.6. The lowest BCUT2D eigenvalue weighted by atomic mass is 10.1. The highest BCUT2D eigenvalue weighted by molar-refractivity contribution is 5.90. The van der Waals surface area contributed by atoms with E-state index in [1.54, 1.807) is 0 Å². The molecule has 0 spiro atoms. The Kier molecular flexibility index (Phi) is 3.44. The highest BCUT2D eigenvalue weighted by atomic mass is 15.3. The van der Waals surface area contributed by atoms with E-state index in [0.29, 0.717) is 12.0 Å². The minimum absolute atomic E-state index is 0.352. The van der Waals surface area contributed by atoms with Crippen molar-refractivity contribution < 1.29 is 0 Å². The highest BCUT2D eigenvalue weighted by Crippen LogP contribution is 2.26. The molecule has 0 saturated carbocycles. The van der Waals surface area contributed by atoms with E-state index < -0.39 is 0 Å². The number of para-hydroxylation sites is 1. The van der Waals surface area contributed by atoms with Crippen molar-refractivity contribution in [3.63, 3.8) is 0 Å². The van der Waals surface area contributed by atoms with E-state index in [1.165, 1.54) is 0 Å². The van der Waals surface area contributed by atoms with Gasteiger partial charge in [-0.1, -0.05) is 19.1 Å². The van der Waals surface area contributed by atoms with Crippen LogP contribution >= 0.6 is 0 Å². The molecule has 1 fully saturated rings. The average molecular weight is 271 g/mol. The Morgan fingerprint density at radius 1 is 1.25 bits per heavy atom. The Balaban J connectivity index is 2.01. The Morgan fingerprint density at radius 2 is 2.05 bits per heavy atom. The van der Waals surface area contributed by atoms with Gasteiger partial charge in [0.25, 0.3) is 0 Å². The van der Waals surface area contributed by atoms with Crippen LogP contribution in [0.1, 0.15) is 13.3 Å². The van der Waals surface area contributed by atoms with Crippen molar-refractivity contribution in [2.75, 3.05) is 37.3 Å². The molecule has 0 aliphatic carbocycles. The van der Waals surface area contributed by atoms with Crippen molar-refractivity contribution in [2.45, 2.75) is 19.4 Å². The molecule has 5 nitrogen and oxygen atoms in total. The average Bonchev–Trinajstić information content (AvgIpc) is 2.47. The van der Waals surface area contributed by atoms with Crippen LogP contribution in [0, 0.1) is 0 Å². The number of nitrogen functional groups attached to an aromatic ring is 1. The smallest absolute Gasteiger partial charge is 0.222 e. The van der Waals surface area contributed by atoms with Gasteiger partial charge in [-0.25, -0.2) is 4.98 Å². The maximum absolute atomic E-state index is 5.87. The van der Waals surface area contributed by atoms with Crippen molar-refractivity contribution in [1.82, 2.24) is 14.9 Å². The Bertz CT molecular complexity index is 612. The first kappa shape index (κ1) is 13.1. The topological polar surface area (TPSA) is 58.3 Å². The van der Waals surface area contributed by atoms with E-state index in [9.17, 15) is 0 Å². The van der Waals surface area contributed by atoms with Gasteiger partial charge in [-0.15, -0.1) is 0 Å². The van der Waals surface area contributed by atoms with Gasteiger partial charge in [0.15, 0.2) is 0 Å². The van der Waals surface area contributed by atoms with Gasteiger partial charge in [-0.2, -0.15) is 4.98 Å². The molecule has 1 unspecified atom stereocenters. The van der Waals surface area contributed by atoms with E-state index in [-0.39, 0.29) is 0 Å². The zero-order valence-electron chi connectivity index (χ0n) is 12.1. The van der Waals surface area contributed by atoms with Gasteiger partial charge in [0.1, 0.15) is 5.82 Å². The molecule has 0 amide bonds. The third kappa shape index (κ3) is 2.29. The lowest BCUT2D eigenvalue weighted by Crippen LogP contribution is -2.51. The third-order valence-corrected chi connectivity index (χ3v) is 4.15. The normalized spacial score (nSPS) is 20.5. The molecule has 2 heterocycles. The number of piperazine rings is 1. The van der Waals surface area contributed by atoms with Crippen LogP contribution in [0.25, 0.3) is 10.9 Å². The fourth-order valence-electron chi connectivity index (χ4n) is 2.90. The summed E-state index contributed by atoms with van der Waals surface area (Å²) in [6.07, 6.45) is 1.14. The molecular formula is C15H21N5. The summed E-state index contributed by atoms with van der Waals surface area (Å²) < 4.78 is 0. The second-order valence-corrected chi connectivity index (χ2v) is 5.41. The van der Waals surface area contributed by atoms with Crippen molar-refractivity contribution in [2.24, 2.45) is 0 Å². The molecule has 20 heavy (non-hydrogen) atoms. The fraction of sp³-hybridized carbons (Fsp3) is 0.467. The van der Waals surface area contributed by atoms with Crippen molar-refractivity contribution in [3.05, 3.63) is 24.3 Å². The summed E-state index contributed by atoms with van der Waals surface area (Å²) in [6.45, 7) is 5.26. The van der Waals surface area contributed by atoms with Crippen LogP contribution in [-0.4, -0.2) is 47.6 Å². The number of hydrogen-bond donors (Lipinski definition) is 1. The SMILES string of the molecule is CCC1CN(c2nc(N)nc3ccccc23)CCN1C. The van der Waals surface area contributed by atoms with Crippen LogP contribution in [0.4, 0.5) is 11.8 Å². The van der Waals surface area contributed by atoms with E-state index in [4.69, 9.17) is 5.73 Å². The minimum atomic E-state index is 0.352. The maximum Gasteiger partial charge on any atom is 0.222 e. The van der Waals surface area contributed by atoms with Gasteiger partial charge in [0, 0.05) is 31.1 Å². The Hall–Kier alpha value is -1.88. The number of benzene rings is 1. The molecule has 0 bridgehead atoms. The van der Waals surface area contributed by atoms with Gasteiger partial charge in [-0.05, 0) is 25.6 Å². The number of fused-ring (bicyclic) bond motifs is 1. The summed E-state index contributed by atoms with van der Waals surface area (Å²) in [7, 11) is 2.19. The molecule has 1 atom stereocenters. The van der Waals surface area contributed by atoms with Gasteiger partial charge in [-0.3, -0.25) is 4.90 Å². The molecule has 1 aliphatic heterocycles. The Morgan fingerprint density at radius 3 is 2.85 bits per heavy atom. The summed E-state index contributed by atoms with van der Waals surface area (Å²) >= 11 is 0. The van der Waals surface area contributed by atoms with Crippen LogP contribution in [0.3, 0.4) is 0 Å². The summed E-state index contributed by atoms with van der Waals surface area (Å²) in [5, 5.41) is 1.08. The first-order valence-corrected chi connectivity index (χ1v) is 7.16. The van der Waals surface area contributed by atoms with Gasteiger partial charge < -0.3 is 10.6 Å². The lowest BCUT2D eigenvalue weighted by molar-refractivity contribution is 0.213. The molecule has 106 valence electrons. The number of nitrogens with two attached hydrogens (primary N) is 1. The summed E-state index contributed by atoms with van der Waals surface area (Å²) in [6, 6.07) is 8.64. The molecule has 5 heteroatoms. The second kappa shape index (κ2) is 5.25. The molecule has 3 rings (SSSR count). The number of likely N-dealkylation sites (N-methyl/N-ethyl adjacent to an activating group) is 1. The fourth-order valence-corrected chi connectivity index (χ4v) is 2.90. The van der Waals surface area contributed by atoms with Gasteiger partial charge in [0.2, 0.25) is 5.95 Å². The quantitative estimate of drug-likeness (QED) is 0.901. The molecule has 2 N–H and O–H groups in total. The van der Waals surface area contributed by atoms with E-state index in [0.717, 1.165) is 42.8 Å². The minimum Gasteiger partial charge on any atom is -0.368 e. The summed E-state index contributed by atoms with van der Waals surface area (Å²) in [5.41, 5.74) is 6.79. The first-order chi connectivity index (χ1) is 9.69. The van der Waals surface area contributed by atoms with E-state index in [1.807, 2.05) is 18.2 Å². The zero-order chi connectivity index (χ0) is 14.1. The summed E-state index contributed by atoms with van der Waals surface area (Å²) in [5.74, 6) is 1.32. The third-order valence-electron chi connectivity index (χ3n) is 4.15. The van der Waals surface area contributed by atoms with Gasteiger partial charge in [0.05, 0.1) is 5.52 Å². The van der Waals surface area contributed by atoms with E-state index >= 15 is 0 Å². The highest BCUT2D eigenvalue weighted by Gasteiger charge is 2.25. The molecule has 0 radical (unpaired) electrons. The van der Waals surface area contributed by atoms with Gasteiger partial charge >= 0.3 is 0 Å². The van der Waals surface area contributed by atoms with Crippen LogP contribution < -0.4 is 10.6 Å². The largest absolute Gasteiger partial charge is 0.368 e. The second-order valence-electron chi connectivity index (χ2n) is 5.41. The van der Waals surface area contributed by atoms with Crippen LogP contribution in [0.5, 0.6) is 0 Å². The number of aromatic nitrogens is 2. The maximum atomic E-state index is 5.87. The van der Waals surface area contributed by atoms with Crippen molar-refractivity contribution >= 4 is 22.7 Å². The molecule has 2 aromatic rings. The number of rotatable bonds is 2. The van der Waals surface area contributed by atoms with Crippen molar-refractivity contribution in [3.8, 4) is 0 Å². The monoisotopic (exact) mass is 271 g/mol. The number of nitrogens with zero attached hydrogens (tertiary/aromatic N) is 4. The van der Waals surface area contributed by atoms with Crippen LogP contribution in [0.15, 0.2) is 24.3 Å². The predicted molar refractivity (Wildman–Crippen MR) is 82.9 cm³/mol. The molecule has 1 saturated heterocycles.